The van der Waals surface area contributed by atoms with Crippen LogP contribution in [-0.4, -0.2) is 4.83 Å². The van der Waals surface area contributed by atoms with Crippen molar-refractivity contribution in [2.75, 3.05) is 0 Å². The highest BCUT2D eigenvalue weighted by Gasteiger charge is 2.18. The second kappa shape index (κ2) is 4.38. The number of halogens is 1. The fraction of sp³-hybridized carbons (Fsp3) is 1.00. The minimum absolute atomic E-state index is 0.819. The Bertz CT molecular complexity index is 90.7. The van der Waals surface area contributed by atoms with E-state index in [2.05, 4.69) is 22.9 Å². The van der Waals surface area contributed by atoms with Crippen LogP contribution in [0, 0.1) is 5.92 Å². The zero-order valence-corrected chi connectivity index (χ0v) is 8.36. The fourth-order valence-corrected chi connectivity index (χ4v) is 2.76. The molecule has 1 saturated carbocycles. The Morgan fingerprint density at radius 3 is 2.60 bits per heavy atom. The molecule has 1 heteroatoms. The SMILES string of the molecule is CCC1CCCCCC1Br. The van der Waals surface area contributed by atoms with Gasteiger partial charge in [0.1, 0.15) is 0 Å². The molecule has 1 rings (SSSR count). The molecule has 0 nitrogen and oxygen atoms in total. The van der Waals surface area contributed by atoms with E-state index in [0.29, 0.717) is 0 Å². The summed E-state index contributed by atoms with van der Waals surface area (Å²) >= 11 is 3.76. The molecule has 10 heavy (non-hydrogen) atoms. The summed E-state index contributed by atoms with van der Waals surface area (Å²) in [7, 11) is 0. The predicted molar refractivity (Wildman–Crippen MR) is 49.6 cm³/mol. The summed E-state index contributed by atoms with van der Waals surface area (Å²) in [5.41, 5.74) is 0. The van der Waals surface area contributed by atoms with E-state index in [1.807, 2.05) is 0 Å². The molecule has 60 valence electrons. The van der Waals surface area contributed by atoms with Crippen molar-refractivity contribution in [3.05, 3.63) is 0 Å². The van der Waals surface area contributed by atoms with Crippen LogP contribution in [0.1, 0.15) is 45.4 Å². The van der Waals surface area contributed by atoms with E-state index < -0.39 is 0 Å². The summed E-state index contributed by atoms with van der Waals surface area (Å²) in [6.07, 6.45) is 8.56. The van der Waals surface area contributed by atoms with E-state index in [9.17, 15) is 0 Å². The first kappa shape index (κ1) is 8.58. The maximum atomic E-state index is 3.76. The largest absolute Gasteiger partial charge is 0.0888 e. The lowest BCUT2D eigenvalue weighted by Crippen LogP contribution is -2.10. The lowest BCUT2D eigenvalue weighted by atomic mass is 9.98. The molecule has 0 N–H and O–H groups in total. The van der Waals surface area contributed by atoms with Gasteiger partial charge in [-0.25, -0.2) is 0 Å². The second-order valence-corrected chi connectivity index (χ2v) is 4.50. The van der Waals surface area contributed by atoms with Gasteiger partial charge in [-0.05, 0) is 18.8 Å². The van der Waals surface area contributed by atoms with Crippen LogP contribution in [0.25, 0.3) is 0 Å². The Morgan fingerprint density at radius 2 is 1.90 bits per heavy atom. The molecule has 0 spiro atoms. The highest BCUT2D eigenvalue weighted by Crippen LogP contribution is 2.30. The van der Waals surface area contributed by atoms with E-state index in [-0.39, 0.29) is 0 Å². The summed E-state index contributed by atoms with van der Waals surface area (Å²) < 4.78 is 0. The molecule has 1 aliphatic rings. The monoisotopic (exact) mass is 204 g/mol. The summed E-state index contributed by atoms with van der Waals surface area (Å²) in [4.78, 5) is 0.819. The third-order valence-electron chi connectivity index (χ3n) is 2.59. The van der Waals surface area contributed by atoms with Crippen LogP contribution in [-0.2, 0) is 0 Å². The van der Waals surface area contributed by atoms with Crippen molar-refractivity contribution in [1.29, 1.82) is 0 Å². The molecule has 1 aliphatic carbocycles. The number of alkyl halides is 1. The molecule has 0 amide bonds. The third-order valence-corrected chi connectivity index (χ3v) is 3.80. The van der Waals surface area contributed by atoms with Gasteiger partial charge < -0.3 is 0 Å². The average Bonchev–Trinajstić information content (AvgIpc) is 2.13. The molecular weight excluding hydrogens is 188 g/mol. The van der Waals surface area contributed by atoms with Gasteiger partial charge in [0.15, 0.2) is 0 Å². The van der Waals surface area contributed by atoms with Gasteiger partial charge in [0, 0.05) is 4.83 Å². The Balaban J connectivity index is 2.35. The summed E-state index contributed by atoms with van der Waals surface area (Å²) in [6, 6.07) is 0. The normalized spacial score (nSPS) is 35.4. The summed E-state index contributed by atoms with van der Waals surface area (Å²) in [5.74, 6) is 0.961. The van der Waals surface area contributed by atoms with Crippen molar-refractivity contribution in [1.82, 2.24) is 0 Å². The smallest absolute Gasteiger partial charge is 0.0174 e. The van der Waals surface area contributed by atoms with Gasteiger partial charge in [-0.1, -0.05) is 48.5 Å². The van der Waals surface area contributed by atoms with Crippen molar-refractivity contribution >= 4 is 15.9 Å². The number of hydrogen-bond acceptors (Lipinski definition) is 0. The molecule has 0 heterocycles. The van der Waals surface area contributed by atoms with Crippen molar-refractivity contribution in [2.45, 2.75) is 50.3 Å². The standard InChI is InChI=1S/C9H17Br/c1-2-8-6-4-3-5-7-9(8)10/h8-9H,2-7H2,1H3. The van der Waals surface area contributed by atoms with Gasteiger partial charge in [-0.3, -0.25) is 0 Å². The fourth-order valence-electron chi connectivity index (χ4n) is 1.80. The highest BCUT2D eigenvalue weighted by atomic mass is 79.9. The van der Waals surface area contributed by atoms with Crippen molar-refractivity contribution in [3.8, 4) is 0 Å². The number of rotatable bonds is 1. The molecule has 2 unspecified atom stereocenters. The van der Waals surface area contributed by atoms with E-state index >= 15 is 0 Å². The minimum atomic E-state index is 0.819. The van der Waals surface area contributed by atoms with E-state index in [0.717, 1.165) is 10.7 Å². The Morgan fingerprint density at radius 1 is 1.20 bits per heavy atom. The molecule has 0 aromatic carbocycles. The van der Waals surface area contributed by atoms with Gasteiger partial charge in [-0.2, -0.15) is 0 Å². The topological polar surface area (TPSA) is 0 Å². The average molecular weight is 205 g/mol. The minimum Gasteiger partial charge on any atom is -0.0888 e. The molecular formula is C9H17Br. The first-order valence-electron chi connectivity index (χ1n) is 4.48. The zero-order valence-electron chi connectivity index (χ0n) is 6.78. The van der Waals surface area contributed by atoms with Crippen molar-refractivity contribution < 1.29 is 0 Å². The van der Waals surface area contributed by atoms with E-state index in [1.165, 1.54) is 38.5 Å². The van der Waals surface area contributed by atoms with Crippen LogP contribution in [0.4, 0.5) is 0 Å². The summed E-state index contributed by atoms with van der Waals surface area (Å²) in [5, 5.41) is 0. The lowest BCUT2D eigenvalue weighted by Gasteiger charge is -2.16. The van der Waals surface area contributed by atoms with Crippen LogP contribution in [0.3, 0.4) is 0 Å². The van der Waals surface area contributed by atoms with Crippen LogP contribution in [0.2, 0.25) is 0 Å². The molecule has 0 aromatic rings. The van der Waals surface area contributed by atoms with Crippen LogP contribution in [0.15, 0.2) is 0 Å². The van der Waals surface area contributed by atoms with E-state index in [4.69, 9.17) is 0 Å². The van der Waals surface area contributed by atoms with Gasteiger partial charge in [0.2, 0.25) is 0 Å². The van der Waals surface area contributed by atoms with Crippen molar-refractivity contribution in [3.63, 3.8) is 0 Å². The Kier molecular flexibility index (Phi) is 3.75. The second-order valence-electron chi connectivity index (χ2n) is 3.32. The molecule has 0 radical (unpaired) electrons. The quantitative estimate of drug-likeness (QED) is 0.451. The van der Waals surface area contributed by atoms with Crippen LogP contribution >= 0.6 is 15.9 Å². The van der Waals surface area contributed by atoms with Gasteiger partial charge >= 0.3 is 0 Å². The maximum Gasteiger partial charge on any atom is 0.0174 e. The molecule has 0 saturated heterocycles. The number of hydrogen-bond donors (Lipinski definition) is 0. The molecule has 0 aliphatic heterocycles. The third kappa shape index (κ3) is 2.26. The first-order valence-corrected chi connectivity index (χ1v) is 5.40. The van der Waals surface area contributed by atoms with Gasteiger partial charge in [-0.15, -0.1) is 0 Å². The van der Waals surface area contributed by atoms with Crippen molar-refractivity contribution in [2.24, 2.45) is 5.92 Å². The predicted octanol–water partition coefficient (Wildman–Crippen LogP) is 3.74. The van der Waals surface area contributed by atoms with Crippen LogP contribution < -0.4 is 0 Å². The molecule has 0 bridgehead atoms. The lowest BCUT2D eigenvalue weighted by molar-refractivity contribution is 0.463. The van der Waals surface area contributed by atoms with Crippen LogP contribution in [0.5, 0.6) is 0 Å². The maximum absolute atomic E-state index is 3.76. The molecule has 2 atom stereocenters. The Hall–Kier alpha value is 0.480. The zero-order chi connectivity index (χ0) is 7.40. The Labute approximate surface area is 72.5 Å². The highest BCUT2D eigenvalue weighted by molar-refractivity contribution is 9.09. The van der Waals surface area contributed by atoms with E-state index in [1.54, 1.807) is 0 Å². The first-order chi connectivity index (χ1) is 4.84. The van der Waals surface area contributed by atoms with Gasteiger partial charge in [0.25, 0.3) is 0 Å². The molecule has 0 aromatic heterocycles. The summed E-state index contributed by atoms with van der Waals surface area (Å²) in [6.45, 7) is 2.31. The van der Waals surface area contributed by atoms with Gasteiger partial charge in [0.05, 0.1) is 0 Å². The molecule has 1 fully saturated rings.